The highest BCUT2D eigenvalue weighted by molar-refractivity contribution is 7.15. The van der Waals surface area contributed by atoms with Gasteiger partial charge in [-0.25, -0.2) is 4.79 Å². The molecule has 0 unspecified atom stereocenters. The van der Waals surface area contributed by atoms with Gasteiger partial charge in [-0.3, -0.25) is 0 Å². The summed E-state index contributed by atoms with van der Waals surface area (Å²) in [4.78, 5) is 26.8. The number of carboxylic acid groups (broad SMARTS) is 1. The number of aliphatic carboxylic acids is 1. The first-order valence-corrected chi connectivity index (χ1v) is 7.03. The van der Waals surface area contributed by atoms with Crippen LogP contribution in [0.2, 0.25) is 0 Å². The van der Waals surface area contributed by atoms with Crippen LogP contribution in [0.3, 0.4) is 0 Å². The Hall–Kier alpha value is -2.16. The molecule has 0 radical (unpaired) electrons. The molecule has 2 N–H and O–H groups in total. The van der Waals surface area contributed by atoms with Gasteiger partial charge < -0.3 is 20.5 Å². The predicted octanol–water partition coefficient (Wildman–Crippen LogP) is 2.11. The number of nitro groups is 1. The lowest BCUT2D eigenvalue weighted by Gasteiger charge is -2.24. The van der Waals surface area contributed by atoms with E-state index >= 15 is 0 Å². The van der Waals surface area contributed by atoms with Crippen LogP contribution in [0, 0.1) is 10.1 Å². The Morgan fingerprint density at radius 1 is 1.55 bits per heavy atom. The third-order valence-electron chi connectivity index (χ3n) is 3.63. The van der Waals surface area contributed by atoms with Crippen LogP contribution in [0.15, 0.2) is 11.6 Å². The second kappa shape index (κ2) is 4.44. The maximum atomic E-state index is 11.5. The predicted molar refractivity (Wildman–Crippen MR) is 72.2 cm³/mol. The van der Waals surface area contributed by atoms with Crippen molar-refractivity contribution in [2.45, 2.75) is 31.2 Å². The highest BCUT2D eigenvalue weighted by Crippen LogP contribution is 2.37. The molecule has 1 aliphatic carbocycles. The van der Waals surface area contributed by atoms with Crippen molar-refractivity contribution < 1.29 is 14.8 Å². The van der Waals surface area contributed by atoms with E-state index in [1.54, 1.807) is 11.6 Å². The molecule has 0 bridgehead atoms. The minimum absolute atomic E-state index is 0.0335. The first-order chi connectivity index (χ1) is 9.53. The first-order valence-electron chi connectivity index (χ1n) is 6.15. The van der Waals surface area contributed by atoms with Crippen LogP contribution in [-0.4, -0.2) is 30.9 Å². The van der Waals surface area contributed by atoms with Gasteiger partial charge >= 0.3 is 11.8 Å². The topological polar surface area (TPSA) is 110 Å². The van der Waals surface area contributed by atoms with Crippen molar-refractivity contribution in [1.29, 1.82) is 0 Å². The van der Waals surface area contributed by atoms with Crippen molar-refractivity contribution in [3.63, 3.8) is 0 Å². The largest absolute Gasteiger partial charge is 0.480 e. The summed E-state index contributed by atoms with van der Waals surface area (Å²) < 4.78 is 1.36. The normalized spacial score (nSPS) is 17.4. The van der Waals surface area contributed by atoms with Gasteiger partial charge in [0.2, 0.25) is 5.82 Å². The second-order valence-corrected chi connectivity index (χ2v) is 5.69. The van der Waals surface area contributed by atoms with Crippen LogP contribution < -0.4 is 5.32 Å². The molecule has 0 amide bonds. The molecule has 2 aromatic rings. The summed E-state index contributed by atoms with van der Waals surface area (Å²) in [6.07, 6.45) is 4.03. The number of aromatic nitrogens is 2. The fraction of sp³-hybridized carbons (Fsp3) is 0.455. The Balaban J connectivity index is 2.05. The number of nitrogens with one attached hydrogen (secondary N) is 1. The third-order valence-corrected chi connectivity index (χ3v) is 4.39. The summed E-state index contributed by atoms with van der Waals surface area (Å²) in [5.41, 5.74) is -1.14. The van der Waals surface area contributed by atoms with E-state index in [0.29, 0.717) is 17.8 Å². The van der Waals surface area contributed by atoms with Gasteiger partial charge in [0, 0.05) is 5.38 Å². The summed E-state index contributed by atoms with van der Waals surface area (Å²) in [5, 5.41) is 25.1. The zero-order chi connectivity index (χ0) is 14.3. The number of rotatable bonds is 4. The lowest BCUT2D eigenvalue weighted by molar-refractivity contribution is -0.389. The average Bonchev–Trinajstić information content (AvgIpc) is 3.03. The van der Waals surface area contributed by atoms with Crippen molar-refractivity contribution in [1.82, 2.24) is 9.38 Å². The molecule has 0 spiro atoms. The Labute approximate surface area is 117 Å². The van der Waals surface area contributed by atoms with E-state index in [4.69, 9.17) is 0 Å². The molecule has 1 saturated carbocycles. The van der Waals surface area contributed by atoms with Crippen LogP contribution in [0.25, 0.3) is 4.96 Å². The van der Waals surface area contributed by atoms with E-state index in [1.807, 2.05) is 0 Å². The minimum Gasteiger partial charge on any atom is -0.480 e. The van der Waals surface area contributed by atoms with Gasteiger partial charge in [-0.2, -0.15) is 9.38 Å². The Kier molecular flexibility index (Phi) is 2.85. The quantitative estimate of drug-likeness (QED) is 0.660. The van der Waals surface area contributed by atoms with Gasteiger partial charge in [0.15, 0.2) is 0 Å². The Morgan fingerprint density at radius 2 is 2.25 bits per heavy atom. The van der Waals surface area contributed by atoms with Crippen LogP contribution in [0.5, 0.6) is 0 Å². The molecule has 1 fully saturated rings. The average molecular weight is 296 g/mol. The summed E-state index contributed by atoms with van der Waals surface area (Å²) in [5.74, 6) is -1.17. The van der Waals surface area contributed by atoms with Gasteiger partial charge in [-0.05, 0) is 17.8 Å². The number of nitrogens with zero attached hydrogens (tertiary/aromatic N) is 3. The molecule has 3 rings (SSSR count). The Morgan fingerprint density at radius 3 is 2.85 bits per heavy atom. The number of carboxylic acids is 1. The fourth-order valence-corrected chi connectivity index (χ4v) is 3.34. The number of imidazole rings is 1. The van der Waals surface area contributed by atoms with E-state index in [-0.39, 0.29) is 11.6 Å². The standard InChI is InChI=1S/C11H12N4O4S/c16-9(17)11(3-1-2-4-11)13-7-8(15(18)19)14-5-6-20-10(14)12-7/h5-6,13H,1-4H2,(H,16,17). The van der Waals surface area contributed by atoms with Gasteiger partial charge in [0.1, 0.15) is 11.7 Å². The SMILES string of the molecule is O=C(O)C1(Nc2nc3sccn3c2[N+](=O)[O-])CCCC1. The molecule has 1 aliphatic rings. The molecule has 106 valence electrons. The van der Waals surface area contributed by atoms with Crippen LogP contribution >= 0.6 is 11.3 Å². The van der Waals surface area contributed by atoms with Crippen LogP contribution in [0.4, 0.5) is 11.6 Å². The van der Waals surface area contributed by atoms with Crippen molar-refractivity contribution in [2.75, 3.05) is 5.32 Å². The molecule has 2 heterocycles. The fourth-order valence-electron chi connectivity index (χ4n) is 2.63. The van der Waals surface area contributed by atoms with E-state index in [1.165, 1.54) is 15.7 Å². The van der Waals surface area contributed by atoms with E-state index < -0.39 is 16.4 Å². The molecule has 0 aliphatic heterocycles. The van der Waals surface area contributed by atoms with Crippen molar-refractivity contribution in [3.05, 3.63) is 21.7 Å². The number of carbonyl (C=O) groups is 1. The van der Waals surface area contributed by atoms with E-state index in [9.17, 15) is 20.0 Å². The van der Waals surface area contributed by atoms with E-state index in [2.05, 4.69) is 10.3 Å². The van der Waals surface area contributed by atoms with E-state index in [0.717, 1.165) is 12.8 Å². The lowest BCUT2D eigenvalue weighted by atomic mass is 9.98. The maximum Gasteiger partial charge on any atom is 0.372 e. The number of fused-ring (bicyclic) bond motifs is 1. The maximum absolute atomic E-state index is 11.5. The van der Waals surface area contributed by atoms with Gasteiger partial charge in [-0.15, -0.1) is 0 Å². The summed E-state index contributed by atoms with van der Waals surface area (Å²) in [6.45, 7) is 0. The Bertz CT molecular complexity index is 686. The highest BCUT2D eigenvalue weighted by atomic mass is 32.1. The minimum atomic E-state index is -1.14. The number of hydrogen-bond donors (Lipinski definition) is 2. The third kappa shape index (κ3) is 1.82. The smallest absolute Gasteiger partial charge is 0.372 e. The molecule has 0 aromatic carbocycles. The van der Waals surface area contributed by atoms with Crippen LogP contribution in [0.1, 0.15) is 25.7 Å². The van der Waals surface area contributed by atoms with Crippen LogP contribution in [-0.2, 0) is 4.79 Å². The number of hydrogen-bond acceptors (Lipinski definition) is 6. The zero-order valence-electron chi connectivity index (χ0n) is 10.4. The monoisotopic (exact) mass is 296 g/mol. The molecular weight excluding hydrogens is 284 g/mol. The molecule has 2 aromatic heterocycles. The van der Waals surface area contributed by atoms with Crippen molar-refractivity contribution >= 4 is 33.9 Å². The summed E-state index contributed by atoms with van der Waals surface area (Å²) in [6, 6.07) is 0. The molecule has 0 atom stereocenters. The van der Waals surface area contributed by atoms with Gasteiger partial charge in [-0.1, -0.05) is 24.2 Å². The number of thiazole rings is 1. The zero-order valence-corrected chi connectivity index (χ0v) is 11.2. The molecular formula is C11H12N4O4S. The first kappa shape index (κ1) is 12.9. The second-order valence-electron chi connectivity index (χ2n) is 4.82. The summed E-state index contributed by atoms with van der Waals surface area (Å²) >= 11 is 1.26. The van der Waals surface area contributed by atoms with Gasteiger partial charge in [0.05, 0.1) is 0 Å². The lowest BCUT2D eigenvalue weighted by Crippen LogP contribution is -2.43. The molecule has 9 heteroatoms. The van der Waals surface area contributed by atoms with Crippen molar-refractivity contribution in [2.24, 2.45) is 0 Å². The molecule has 0 saturated heterocycles. The summed E-state index contributed by atoms with van der Waals surface area (Å²) in [7, 11) is 0. The molecule has 8 nitrogen and oxygen atoms in total. The highest BCUT2D eigenvalue weighted by Gasteiger charge is 2.43. The van der Waals surface area contributed by atoms with Gasteiger partial charge in [0.25, 0.3) is 4.96 Å². The number of anilines is 1. The van der Waals surface area contributed by atoms with Crippen molar-refractivity contribution in [3.8, 4) is 0 Å². The molecule has 20 heavy (non-hydrogen) atoms.